The zero-order valence-corrected chi connectivity index (χ0v) is 26.3. The predicted molar refractivity (Wildman–Crippen MR) is 198 cm³/mol. The quantitative estimate of drug-likeness (QED) is 0.191. The Balaban J connectivity index is 1.28. The van der Waals surface area contributed by atoms with E-state index >= 15 is 0 Å². The van der Waals surface area contributed by atoms with Crippen LogP contribution >= 0.6 is 0 Å². The van der Waals surface area contributed by atoms with Crippen molar-refractivity contribution in [2.45, 2.75) is 0 Å². The third-order valence-corrected chi connectivity index (χ3v) is 9.26. The summed E-state index contributed by atoms with van der Waals surface area (Å²) in [5.41, 5.74) is 12.1. The number of para-hydroxylation sites is 3. The first kappa shape index (κ1) is 27.3. The van der Waals surface area contributed by atoms with E-state index in [1.807, 2.05) is 42.5 Å². The highest BCUT2D eigenvalue weighted by atomic mass is 15.3. The van der Waals surface area contributed by atoms with Gasteiger partial charge in [-0.15, -0.1) is 0 Å². The van der Waals surface area contributed by atoms with Gasteiger partial charge in [-0.3, -0.25) is 13.5 Å². The minimum Gasteiger partial charge on any atom is -0.294 e. The molecule has 10 rings (SSSR count). The smallest absolute Gasteiger partial charge is 0.221 e. The summed E-state index contributed by atoms with van der Waals surface area (Å²) in [7, 11) is 0. The van der Waals surface area contributed by atoms with Gasteiger partial charge in [0.25, 0.3) is 0 Å². The molecule has 0 spiro atoms. The molecule has 4 aromatic heterocycles. The van der Waals surface area contributed by atoms with Crippen LogP contribution in [0.25, 0.3) is 84.2 Å². The summed E-state index contributed by atoms with van der Waals surface area (Å²) >= 11 is 0. The summed E-state index contributed by atoms with van der Waals surface area (Å²) in [6.45, 7) is 0. The molecule has 0 fully saturated rings. The van der Waals surface area contributed by atoms with Gasteiger partial charge in [-0.2, -0.15) is 0 Å². The molecule has 10 aromatic rings. The number of aromatic nitrogens is 6. The summed E-state index contributed by atoms with van der Waals surface area (Å²) < 4.78 is 6.87. The van der Waals surface area contributed by atoms with E-state index in [2.05, 4.69) is 141 Å². The molecular formula is C43H28N6. The van der Waals surface area contributed by atoms with E-state index in [4.69, 9.17) is 15.0 Å². The molecule has 0 saturated carbocycles. The highest BCUT2D eigenvalue weighted by molar-refractivity contribution is 6.09. The van der Waals surface area contributed by atoms with E-state index in [1.165, 1.54) is 0 Å². The van der Waals surface area contributed by atoms with Gasteiger partial charge in [0.15, 0.2) is 11.5 Å². The molecule has 0 saturated heterocycles. The molecule has 0 atom stereocenters. The average Bonchev–Trinajstić information content (AvgIpc) is 3.81. The molecule has 6 nitrogen and oxygen atoms in total. The molecule has 4 heterocycles. The van der Waals surface area contributed by atoms with Crippen LogP contribution in [0.3, 0.4) is 0 Å². The van der Waals surface area contributed by atoms with Crippen LogP contribution in [0.15, 0.2) is 170 Å². The summed E-state index contributed by atoms with van der Waals surface area (Å²) in [6.07, 6.45) is 0. The Morgan fingerprint density at radius 1 is 0.388 bits per heavy atom. The van der Waals surface area contributed by atoms with Crippen LogP contribution in [0, 0.1) is 0 Å². The zero-order valence-electron chi connectivity index (χ0n) is 26.3. The lowest BCUT2D eigenvalue weighted by atomic mass is 10.1. The summed E-state index contributed by atoms with van der Waals surface area (Å²) in [6, 6.07) is 58.7. The molecule has 0 bridgehead atoms. The van der Waals surface area contributed by atoms with Gasteiger partial charge in [0.05, 0.1) is 27.9 Å². The van der Waals surface area contributed by atoms with Crippen LogP contribution in [0.4, 0.5) is 0 Å². The maximum Gasteiger partial charge on any atom is 0.221 e. The molecule has 0 aliphatic rings. The summed E-state index contributed by atoms with van der Waals surface area (Å²) in [4.78, 5) is 15.7. The van der Waals surface area contributed by atoms with Crippen molar-refractivity contribution in [1.82, 2.24) is 28.5 Å². The maximum absolute atomic E-state index is 5.39. The first-order chi connectivity index (χ1) is 24.3. The fourth-order valence-electron chi connectivity index (χ4n) is 7.04. The molecule has 0 radical (unpaired) electrons. The lowest BCUT2D eigenvalue weighted by molar-refractivity contribution is 1.08. The predicted octanol–water partition coefficient (Wildman–Crippen LogP) is 10.2. The third kappa shape index (κ3) is 4.31. The van der Waals surface area contributed by atoms with Gasteiger partial charge in [0, 0.05) is 33.5 Å². The lowest BCUT2D eigenvalue weighted by Gasteiger charge is -2.10. The largest absolute Gasteiger partial charge is 0.294 e. The Hall–Kier alpha value is -6.79. The van der Waals surface area contributed by atoms with E-state index in [-0.39, 0.29) is 0 Å². The molecule has 0 unspecified atom stereocenters. The van der Waals surface area contributed by atoms with Gasteiger partial charge < -0.3 is 0 Å². The van der Waals surface area contributed by atoms with E-state index < -0.39 is 0 Å². The van der Waals surface area contributed by atoms with E-state index in [9.17, 15) is 0 Å². The minimum atomic E-state index is 0.670. The molecule has 230 valence electrons. The Labute approximate surface area is 281 Å². The number of hydrogen-bond acceptors (Lipinski definition) is 3. The molecule has 6 aromatic carbocycles. The van der Waals surface area contributed by atoms with Gasteiger partial charge in [-0.25, -0.2) is 15.0 Å². The SMILES string of the molecule is c1ccc(-c2cc(-c3ccccc3)nc(-c3ccc4c(c3)n(-c3ccccc3)c3nc5c6ccccc6n(-c6ccccc6)c5n43)n2)cc1. The lowest BCUT2D eigenvalue weighted by Crippen LogP contribution is -1.97. The highest BCUT2D eigenvalue weighted by Crippen LogP contribution is 2.38. The Kier molecular flexibility index (Phi) is 6.08. The zero-order chi connectivity index (χ0) is 32.3. The van der Waals surface area contributed by atoms with Crippen LogP contribution in [0.2, 0.25) is 0 Å². The van der Waals surface area contributed by atoms with Crippen molar-refractivity contribution < 1.29 is 0 Å². The molecule has 0 amide bonds. The normalized spacial score (nSPS) is 11.7. The molecule has 49 heavy (non-hydrogen) atoms. The third-order valence-electron chi connectivity index (χ3n) is 9.26. The van der Waals surface area contributed by atoms with Crippen molar-refractivity contribution >= 4 is 38.9 Å². The molecular weight excluding hydrogens is 601 g/mol. The van der Waals surface area contributed by atoms with Crippen molar-refractivity contribution in [2.75, 3.05) is 0 Å². The fraction of sp³-hybridized carbons (Fsp3) is 0. The number of hydrogen-bond donors (Lipinski definition) is 0. The van der Waals surface area contributed by atoms with E-state index in [0.717, 1.165) is 78.3 Å². The van der Waals surface area contributed by atoms with Gasteiger partial charge >= 0.3 is 0 Å². The summed E-state index contributed by atoms with van der Waals surface area (Å²) in [5, 5.41) is 1.12. The van der Waals surface area contributed by atoms with Crippen molar-refractivity contribution in [3.63, 3.8) is 0 Å². The Morgan fingerprint density at radius 3 is 1.57 bits per heavy atom. The number of fused-ring (bicyclic) bond motifs is 7. The number of rotatable bonds is 5. The van der Waals surface area contributed by atoms with Crippen LogP contribution in [-0.2, 0) is 0 Å². The monoisotopic (exact) mass is 628 g/mol. The van der Waals surface area contributed by atoms with E-state index in [1.54, 1.807) is 0 Å². The van der Waals surface area contributed by atoms with Crippen molar-refractivity contribution in [3.05, 3.63) is 170 Å². The topological polar surface area (TPSA) is 52.9 Å². The second-order valence-electron chi connectivity index (χ2n) is 12.2. The fourth-order valence-corrected chi connectivity index (χ4v) is 7.04. The Bertz CT molecular complexity index is 2740. The average molecular weight is 629 g/mol. The number of benzene rings is 6. The first-order valence-corrected chi connectivity index (χ1v) is 16.4. The van der Waals surface area contributed by atoms with Crippen LogP contribution < -0.4 is 0 Å². The van der Waals surface area contributed by atoms with Crippen LogP contribution in [0.1, 0.15) is 0 Å². The molecule has 0 aliphatic heterocycles. The van der Waals surface area contributed by atoms with Crippen molar-refractivity contribution in [2.24, 2.45) is 0 Å². The Morgan fingerprint density at radius 2 is 0.939 bits per heavy atom. The second kappa shape index (κ2) is 10.9. The van der Waals surface area contributed by atoms with E-state index in [0.29, 0.717) is 5.82 Å². The van der Waals surface area contributed by atoms with Crippen molar-refractivity contribution in [3.8, 4) is 45.3 Å². The van der Waals surface area contributed by atoms with Gasteiger partial charge in [-0.1, -0.05) is 115 Å². The number of nitrogens with zero attached hydrogens (tertiary/aromatic N) is 6. The van der Waals surface area contributed by atoms with Gasteiger partial charge in [-0.05, 0) is 54.6 Å². The maximum atomic E-state index is 5.39. The second-order valence-corrected chi connectivity index (χ2v) is 12.2. The number of imidazole rings is 2. The molecule has 0 N–H and O–H groups in total. The van der Waals surface area contributed by atoms with Crippen LogP contribution in [-0.4, -0.2) is 28.5 Å². The molecule has 6 heteroatoms. The van der Waals surface area contributed by atoms with Crippen LogP contribution in [0.5, 0.6) is 0 Å². The highest BCUT2D eigenvalue weighted by Gasteiger charge is 2.24. The summed E-state index contributed by atoms with van der Waals surface area (Å²) in [5.74, 6) is 1.52. The standard InChI is InChI=1S/C43H28N6/c1-5-15-29(16-6-1)35-28-36(30-17-7-2-8-18-30)45-41(44-35)31-25-26-38-39(27-31)48(33-21-11-4-12-22-33)43-46-40-34-23-13-14-24-37(34)47(42(40)49(38)43)32-19-9-3-10-20-32/h1-28H. The van der Waals surface area contributed by atoms with Crippen molar-refractivity contribution in [1.29, 1.82) is 0 Å². The first-order valence-electron chi connectivity index (χ1n) is 16.4. The molecule has 0 aliphatic carbocycles. The minimum absolute atomic E-state index is 0.670. The van der Waals surface area contributed by atoms with Gasteiger partial charge in [0.2, 0.25) is 5.78 Å². The van der Waals surface area contributed by atoms with Gasteiger partial charge in [0.1, 0.15) is 5.52 Å².